The summed E-state index contributed by atoms with van der Waals surface area (Å²) in [7, 11) is 0. The van der Waals surface area contributed by atoms with Crippen LogP contribution in [0.25, 0.3) is 22.3 Å². The van der Waals surface area contributed by atoms with Crippen LogP contribution in [0.3, 0.4) is 0 Å². The highest BCUT2D eigenvalue weighted by molar-refractivity contribution is 5.93. The molecule has 3 aliphatic rings. The summed E-state index contributed by atoms with van der Waals surface area (Å²) < 4.78 is 22.2. The summed E-state index contributed by atoms with van der Waals surface area (Å²) in [5.41, 5.74) is 6.31. The molecule has 2 atom stereocenters. The van der Waals surface area contributed by atoms with E-state index < -0.39 is 5.60 Å². The first-order valence-electron chi connectivity index (χ1n) is 11.9. The number of fused-ring (bicyclic) bond motifs is 5. The predicted molar refractivity (Wildman–Crippen MR) is 128 cm³/mol. The maximum absolute atomic E-state index is 14.9. The van der Waals surface area contributed by atoms with Crippen LogP contribution in [-0.2, 0) is 29.9 Å². The van der Waals surface area contributed by atoms with Crippen molar-refractivity contribution in [3.05, 3.63) is 74.0 Å². The molecule has 0 fully saturated rings. The van der Waals surface area contributed by atoms with Gasteiger partial charge in [0.2, 0.25) is 0 Å². The van der Waals surface area contributed by atoms with Crippen LogP contribution in [-0.4, -0.2) is 21.3 Å². The highest BCUT2D eigenvalue weighted by Gasteiger charge is 2.39. The van der Waals surface area contributed by atoms with Crippen LogP contribution >= 0.6 is 0 Å². The molecule has 34 heavy (non-hydrogen) atoms. The predicted octanol–water partition coefficient (Wildman–Crippen LogP) is 4.11. The van der Waals surface area contributed by atoms with Gasteiger partial charge in [-0.2, -0.15) is 0 Å². The van der Waals surface area contributed by atoms with Gasteiger partial charge in [0.1, 0.15) is 11.4 Å². The van der Waals surface area contributed by atoms with Crippen LogP contribution in [0.4, 0.5) is 4.39 Å². The normalized spacial score (nSPS) is 22.3. The quantitative estimate of drug-likeness (QED) is 0.480. The Morgan fingerprint density at radius 1 is 1.38 bits per heavy atom. The summed E-state index contributed by atoms with van der Waals surface area (Å²) in [5, 5.41) is 15.7. The van der Waals surface area contributed by atoms with Crippen molar-refractivity contribution in [2.45, 2.75) is 64.8 Å². The van der Waals surface area contributed by atoms with E-state index in [0.29, 0.717) is 46.6 Å². The monoisotopic (exact) mass is 461 g/mol. The van der Waals surface area contributed by atoms with E-state index in [1.54, 1.807) is 4.57 Å². The van der Waals surface area contributed by atoms with Gasteiger partial charge in [0.25, 0.3) is 5.56 Å². The molecule has 0 amide bonds. The van der Waals surface area contributed by atoms with Crippen molar-refractivity contribution in [2.75, 3.05) is 6.61 Å². The fraction of sp³-hybridized carbons (Fsp3) is 0.407. The molecule has 7 heteroatoms. The first kappa shape index (κ1) is 21.5. The maximum atomic E-state index is 14.9. The third-order valence-electron chi connectivity index (χ3n) is 7.83. The fourth-order valence-electron chi connectivity index (χ4n) is 6.03. The lowest BCUT2D eigenvalue weighted by Gasteiger charge is -2.33. The number of aliphatic hydroxyl groups is 1. The molecule has 0 saturated heterocycles. The second-order valence-corrected chi connectivity index (χ2v) is 9.92. The molecule has 1 aliphatic carbocycles. The third kappa shape index (κ3) is 2.80. The minimum atomic E-state index is -1.21. The summed E-state index contributed by atoms with van der Waals surface area (Å²) in [6.45, 7) is 10.4. The number of nitrogens with zero attached hydrogens (tertiary/aromatic N) is 2. The molecule has 0 bridgehead atoms. The zero-order valence-corrected chi connectivity index (χ0v) is 19.7. The number of allylic oxidation sites excluding steroid dienone is 1. The Morgan fingerprint density at radius 3 is 2.91 bits per heavy atom. The van der Waals surface area contributed by atoms with Crippen LogP contribution in [0.5, 0.6) is 0 Å². The van der Waals surface area contributed by atoms with E-state index in [4.69, 9.17) is 9.72 Å². The van der Waals surface area contributed by atoms with Crippen molar-refractivity contribution in [3.63, 3.8) is 0 Å². The van der Waals surface area contributed by atoms with Gasteiger partial charge in [-0.25, -0.2) is 9.37 Å². The van der Waals surface area contributed by atoms with Gasteiger partial charge in [-0.1, -0.05) is 13.5 Å². The molecule has 1 aromatic carbocycles. The lowest BCUT2D eigenvalue weighted by molar-refractivity contribution is -0.0757. The summed E-state index contributed by atoms with van der Waals surface area (Å²) >= 11 is 0. The zero-order valence-electron chi connectivity index (χ0n) is 19.7. The van der Waals surface area contributed by atoms with E-state index in [1.165, 1.54) is 6.07 Å². The van der Waals surface area contributed by atoms with Crippen LogP contribution < -0.4 is 10.9 Å². The Labute approximate surface area is 197 Å². The highest BCUT2D eigenvalue weighted by Crippen LogP contribution is 2.45. The van der Waals surface area contributed by atoms with Gasteiger partial charge < -0.3 is 19.7 Å². The highest BCUT2D eigenvalue weighted by atomic mass is 19.1. The number of halogens is 1. The lowest BCUT2D eigenvalue weighted by Crippen LogP contribution is -2.40. The first-order valence-corrected chi connectivity index (χ1v) is 11.9. The number of rotatable bonds is 3. The standard InChI is InChI=1S/C27H28FN3O3/c1-5-27(33)12-34-11-17-18(27)8-22-25-16(10-31(22)26(17)32)24-20(29-13(2)3)7-6-15-14(4)19(28)9-21(30-25)23(15)24/h8-9,20,29,33H,2,5-7,10-12H2,1,3-4H3. The van der Waals surface area contributed by atoms with E-state index in [2.05, 4.69) is 11.9 Å². The van der Waals surface area contributed by atoms with E-state index >= 15 is 0 Å². The van der Waals surface area contributed by atoms with E-state index in [-0.39, 0.29) is 30.6 Å². The lowest BCUT2D eigenvalue weighted by atomic mass is 9.81. The van der Waals surface area contributed by atoms with E-state index in [9.17, 15) is 14.3 Å². The minimum absolute atomic E-state index is 0.00431. The molecule has 2 aliphatic heterocycles. The van der Waals surface area contributed by atoms with Gasteiger partial charge in [0.05, 0.1) is 42.7 Å². The molecule has 6 nitrogen and oxygen atoms in total. The topological polar surface area (TPSA) is 76.4 Å². The number of hydrogen-bond donors (Lipinski definition) is 2. The largest absolute Gasteiger partial charge is 0.383 e. The molecular weight excluding hydrogens is 433 g/mol. The van der Waals surface area contributed by atoms with E-state index in [1.807, 2.05) is 26.8 Å². The van der Waals surface area contributed by atoms with Crippen molar-refractivity contribution in [1.29, 1.82) is 0 Å². The smallest absolute Gasteiger partial charge is 0.257 e. The van der Waals surface area contributed by atoms with Crippen molar-refractivity contribution in [1.82, 2.24) is 14.9 Å². The minimum Gasteiger partial charge on any atom is -0.383 e. The van der Waals surface area contributed by atoms with Gasteiger partial charge >= 0.3 is 0 Å². The second-order valence-electron chi connectivity index (χ2n) is 9.92. The average Bonchev–Trinajstić information content (AvgIpc) is 3.17. The van der Waals surface area contributed by atoms with Crippen molar-refractivity contribution >= 4 is 10.9 Å². The molecular formula is C27H28FN3O3. The van der Waals surface area contributed by atoms with Gasteiger partial charge in [-0.15, -0.1) is 0 Å². The second kappa shape index (κ2) is 7.23. The van der Waals surface area contributed by atoms with Crippen molar-refractivity contribution < 1.29 is 14.2 Å². The molecule has 2 aromatic heterocycles. The molecule has 6 rings (SSSR count). The summed E-state index contributed by atoms with van der Waals surface area (Å²) in [6.07, 6.45) is 1.99. The van der Waals surface area contributed by atoms with Crippen LogP contribution in [0.15, 0.2) is 29.2 Å². The van der Waals surface area contributed by atoms with Crippen LogP contribution in [0.2, 0.25) is 0 Å². The number of nitrogens with one attached hydrogen (secondary N) is 1. The van der Waals surface area contributed by atoms with Gasteiger partial charge in [-0.3, -0.25) is 4.79 Å². The SMILES string of the molecule is C=C(C)NC1CCc2c(C)c(F)cc3nc4c(c1c23)Cn1c-4cc2c(c1=O)COCC2(O)CC. The summed E-state index contributed by atoms with van der Waals surface area (Å²) in [5.74, 6) is -0.259. The number of aromatic nitrogens is 2. The van der Waals surface area contributed by atoms with E-state index in [0.717, 1.165) is 40.6 Å². The molecule has 3 aromatic rings. The third-order valence-corrected chi connectivity index (χ3v) is 7.83. The Balaban J connectivity index is 1.68. The maximum Gasteiger partial charge on any atom is 0.257 e. The Bertz CT molecular complexity index is 1470. The summed E-state index contributed by atoms with van der Waals surface area (Å²) in [4.78, 5) is 18.5. The molecule has 0 saturated carbocycles. The van der Waals surface area contributed by atoms with Crippen molar-refractivity contribution in [3.8, 4) is 11.4 Å². The summed E-state index contributed by atoms with van der Waals surface area (Å²) in [6, 6.07) is 3.41. The number of benzene rings is 1. The number of ether oxygens (including phenoxy) is 1. The zero-order chi connectivity index (χ0) is 23.9. The van der Waals surface area contributed by atoms with Gasteiger partial charge in [0, 0.05) is 28.3 Å². The molecule has 2 unspecified atom stereocenters. The molecule has 0 spiro atoms. The van der Waals surface area contributed by atoms with Crippen molar-refractivity contribution in [2.24, 2.45) is 0 Å². The number of hydrogen-bond acceptors (Lipinski definition) is 5. The first-order chi connectivity index (χ1) is 16.2. The molecule has 4 heterocycles. The van der Waals surface area contributed by atoms with Crippen LogP contribution in [0.1, 0.15) is 66.1 Å². The molecule has 0 radical (unpaired) electrons. The Hall–Kier alpha value is -3.03. The van der Waals surface area contributed by atoms with Gasteiger partial charge in [0.15, 0.2) is 0 Å². The van der Waals surface area contributed by atoms with Crippen LogP contribution in [0, 0.1) is 12.7 Å². The Kier molecular flexibility index (Phi) is 4.57. The fourth-order valence-corrected chi connectivity index (χ4v) is 6.03. The Morgan fingerprint density at radius 2 is 2.18 bits per heavy atom. The number of pyridine rings is 2. The molecule has 176 valence electrons. The molecule has 2 N–H and O–H groups in total. The van der Waals surface area contributed by atoms with Gasteiger partial charge in [-0.05, 0) is 61.4 Å². The number of aryl methyl sites for hydroxylation is 1. The average molecular weight is 462 g/mol.